The van der Waals surface area contributed by atoms with E-state index < -0.39 is 0 Å². The summed E-state index contributed by atoms with van der Waals surface area (Å²) in [6.07, 6.45) is 3.10. The third-order valence-corrected chi connectivity index (χ3v) is 2.65. The number of rotatable bonds is 2. The highest BCUT2D eigenvalue weighted by atomic mass is 32.1. The Morgan fingerprint density at radius 2 is 2.50 bits per heavy atom. The molecule has 0 unspecified atom stereocenters. The first-order valence-electron chi connectivity index (χ1n) is 4.17. The summed E-state index contributed by atoms with van der Waals surface area (Å²) < 4.78 is 4.91. The maximum atomic E-state index is 11.4. The van der Waals surface area contributed by atoms with Crippen LogP contribution in [0, 0.1) is 0 Å². The largest absolute Gasteiger partial charge is 0.462 e. The predicted molar refractivity (Wildman–Crippen MR) is 53.4 cm³/mol. The Morgan fingerprint density at radius 1 is 1.64 bits per heavy atom. The number of aromatic nitrogens is 2. The topological polar surface area (TPSA) is 52.1 Å². The van der Waals surface area contributed by atoms with Crippen LogP contribution < -0.4 is 0 Å². The zero-order valence-electron chi connectivity index (χ0n) is 7.56. The van der Waals surface area contributed by atoms with Crippen molar-refractivity contribution in [2.45, 2.75) is 6.92 Å². The van der Waals surface area contributed by atoms with Gasteiger partial charge in [-0.25, -0.2) is 14.8 Å². The molecule has 2 heterocycles. The van der Waals surface area contributed by atoms with Gasteiger partial charge in [-0.3, -0.25) is 0 Å². The van der Waals surface area contributed by atoms with Gasteiger partial charge in [0.05, 0.1) is 12.2 Å². The number of nitrogens with zero attached hydrogens (tertiary/aromatic N) is 2. The summed E-state index contributed by atoms with van der Waals surface area (Å²) in [6.45, 7) is 2.16. The standard InChI is InChI=1S/C9H8N2O2S/c1-2-13-9(12)7-4-14-8-6(7)3-10-5-11-8/h3-5H,2H2,1H3. The minimum Gasteiger partial charge on any atom is -0.462 e. The van der Waals surface area contributed by atoms with Crippen LogP contribution >= 0.6 is 11.3 Å². The molecular formula is C9H8N2O2S. The molecule has 2 aromatic rings. The summed E-state index contributed by atoms with van der Waals surface area (Å²) in [6, 6.07) is 0. The monoisotopic (exact) mass is 208 g/mol. The fourth-order valence-corrected chi connectivity index (χ4v) is 1.99. The third kappa shape index (κ3) is 1.46. The second-order valence-corrected chi connectivity index (χ2v) is 3.47. The van der Waals surface area contributed by atoms with Crippen molar-refractivity contribution in [3.05, 3.63) is 23.5 Å². The molecule has 0 aliphatic heterocycles. The van der Waals surface area contributed by atoms with Gasteiger partial charge in [0.2, 0.25) is 0 Å². The van der Waals surface area contributed by atoms with E-state index in [2.05, 4.69) is 9.97 Å². The summed E-state index contributed by atoms with van der Waals surface area (Å²) in [4.78, 5) is 20.2. The van der Waals surface area contributed by atoms with E-state index in [1.54, 1.807) is 18.5 Å². The predicted octanol–water partition coefficient (Wildman–Crippen LogP) is 1.87. The van der Waals surface area contributed by atoms with Crippen LogP contribution in [0.3, 0.4) is 0 Å². The van der Waals surface area contributed by atoms with Crippen LogP contribution in [0.2, 0.25) is 0 Å². The number of esters is 1. The molecule has 14 heavy (non-hydrogen) atoms. The Kier molecular flexibility index (Phi) is 2.41. The number of ether oxygens (including phenoxy) is 1. The van der Waals surface area contributed by atoms with Gasteiger partial charge in [-0.1, -0.05) is 0 Å². The van der Waals surface area contributed by atoms with E-state index in [0.717, 1.165) is 10.2 Å². The number of hydrogen-bond donors (Lipinski definition) is 0. The molecule has 0 bridgehead atoms. The average Bonchev–Trinajstić information content (AvgIpc) is 2.61. The SMILES string of the molecule is CCOC(=O)c1csc2ncncc12. The second kappa shape index (κ2) is 3.71. The Bertz CT molecular complexity index is 467. The first kappa shape index (κ1) is 9.08. The Morgan fingerprint density at radius 3 is 3.29 bits per heavy atom. The lowest BCUT2D eigenvalue weighted by Crippen LogP contribution is -2.03. The lowest BCUT2D eigenvalue weighted by Gasteiger charge is -1.98. The van der Waals surface area contributed by atoms with Crippen molar-refractivity contribution < 1.29 is 9.53 Å². The molecule has 72 valence electrons. The molecule has 0 aromatic carbocycles. The van der Waals surface area contributed by atoms with E-state index in [-0.39, 0.29) is 5.97 Å². The van der Waals surface area contributed by atoms with E-state index in [1.807, 2.05) is 0 Å². The number of thiophene rings is 1. The van der Waals surface area contributed by atoms with Gasteiger partial charge in [-0.2, -0.15) is 0 Å². The van der Waals surface area contributed by atoms with Crippen LogP contribution in [0.5, 0.6) is 0 Å². The van der Waals surface area contributed by atoms with Crippen molar-refractivity contribution in [1.29, 1.82) is 0 Å². The summed E-state index contributed by atoms with van der Waals surface area (Å²) in [5.74, 6) is -0.312. The average molecular weight is 208 g/mol. The molecule has 0 aliphatic rings. The molecule has 0 atom stereocenters. The van der Waals surface area contributed by atoms with Crippen LogP contribution in [0.15, 0.2) is 17.9 Å². The summed E-state index contributed by atoms with van der Waals surface area (Å²) in [7, 11) is 0. The lowest BCUT2D eigenvalue weighted by atomic mass is 10.2. The van der Waals surface area contributed by atoms with Crippen molar-refractivity contribution >= 4 is 27.5 Å². The van der Waals surface area contributed by atoms with Gasteiger partial charge < -0.3 is 4.74 Å². The molecule has 0 saturated carbocycles. The van der Waals surface area contributed by atoms with E-state index in [1.165, 1.54) is 17.7 Å². The smallest absolute Gasteiger partial charge is 0.339 e. The van der Waals surface area contributed by atoms with Gasteiger partial charge in [0.1, 0.15) is 11.2 Å². The van der Waals surface area contributed by atoms with Crippen LogP contribution in [-0.4, -0.2) is 22.5 Å². The maximum absolute atomic E-state index is 11.4. The molecule has 0 saturated heterocycles. The zero-order chi connectivity index (χ0) is 9.97. The van der Waals surface area contributed by atoms with Gasteiger partial charge in [-0.05, 0) is 6.92 Å². The van der Waals surface area contributed by atoms with Crippen molar-refractivity contribution in [3.8, 4) is 0 Å². The van der Waals surface area contributed by atoms with Crippen molar-refractivity contribution in [2.75, 3.05) is 6.61 Å². The number of carbonyl (C=O) groups excluding carboxylic acids is 1. The van der Waals surface area contributed by atoms with Crippen molar-refractivity contribution in [2.24, 2.45) is 0 Å². The lowest BCUT2D eigenvalue weighted by molar-refractivity contribution is 0.0529. The molecular weight excluding hydrogens is 200 g/mol. The molecule has 0 spiro atoms. The third-order valence-electron chi connectivity index (χ3n) is 1.75. The first-order valence-corrected chi connectivity index (χ1v) is 5.05. The van der Waals surface area contributed by atoms with Gasteiger partial charge in [-0.15, -0.1) is 11.3 Å². The first-order chi connectivity index (χ1) is 6.83. The van der Waals surface area contributed by atoms with E-state index in [0.29, 0.717) is 12.2 Å². The minimum atomic E-state index is -0.312. The molecule has 0 aliphatic carbocycles. The van der Waals surface area contributed by atoms with Crippen molar-refractivity contribution in [3.63, 3.8) is 0 Å². The van der Waals surface area contributed by atoms with Gasteiger partial charge in [0, 0.05) is 17.0 Å². The van der Waals surface area contributed by atoms with Crippen LogP contribution in [0.1, 0.15) is 17.3 Å². The van der Waals surface area contributed by atoms with Gasteiger partial charge >= 0.3 is 5.97 Å². The molecule has 0 fully saturated rings. The molecule has 0 amide bonds. The zero-order valence-corrected chi connectivity index (χ0v) is 8.37. The summed E-state index contributed by atoms with van der Waals surface area (Å²) >= 11 is 1.42. The normalized spacial score (nSPS) is 10.4. The van der Waals surface area contributed by atoms with E-state index >= 15 is 0 Å². The van der Waals surface area contributed by atoms with Gasteiger partial charge in [0.25, 0.3) is 0 Å². The number of hydrogen-bond acceptors (Lipinski definition) is 5. The molecule has 5 heteroatoms. The highest BCUT2D eigenvalue weighted by Gasteiger charge is 2.13. The highest BCUT2D eigenvalue weighted by molar-refractivity contribution is 7.17. The highest BCUT2D eigenvalue weighted by Crippen LogP contribution is 2.23. The molecule has 0 radical (unpaired) electrons. The molecule has 4 nitrogen and oxygen atoms in total. The van der Waals surface area contributed by atoms with Crippen LogP contribution in [0.4, 0.5) is 0 Å². The van der Waals surface area contributed by atoms with Crippen LogP contribution in [0.25, 0.3) is 10.2 Å². The fraction of sp³-hybridized carbons (Fsp3) is 0.222. The Labute approximate surface area is 84.6 Å². The molecule has 0 N–H and O–H groups in total. The van der Waals surface area contributed by atoms with Crippen LogP contribution in [-0.2, 0) is 4.74 Å². The fourth-order valence-electron chi connectivity index (χ4n) is 1.14. The molecule has 2 rings (SSSR count). The quantitative estimate of drug-likeness (QED) is 0.707. The number of fused-ring (bicyclic) bond motifs is 1. The van der Waals surface area contributed by atoms with E-state index in [9.17, 15) is 4.79 Å². The minimum absolute atomic E-state index is 0.312. The van der Waals surface area contributed by atoms with E-state index in [4.69, 9.17) is 4.74 Å². The van der Waals surface area contributed by atoms with Gasteiger partial charge in [0.15, 0.2) is 0 Å². The Balaban J connectivity index is 2.47. The summed E-state index contributed by atoms with van der Waals surface area (Å²) in [5, 5.41) is 2.51. The Hall–Kier alpha value is -1.49. The molecule has 2 aromatic heterocycles. The second-order valence-electron chi connectivity index (χ2n) is 2.61. The maximum Gasteiger partial charge on any atom is 0.339 e. The summed E-state index contributed by atoms with van der Waals surface area (Å²) in [5.41, 5.74) is 0.549. The number of carbonyl (C=O) groups is 1. The van der Waals surface area contributed by atoms with Crippen molar-refractivity contribution in [1.82, 2.24) is 9.97 Å².